The number of amides is 2. The van der Waals surface area contributed by atoms with Crippen LogP contribution in [0.5, 0.6) is 0 Å². The first kappa shape index (κ1) is 12.2. The first-order chi connectivity index (χ1) is 9.24. The van der Waals surface area contributed by atoms with Gasteiger partial charge >= 0.3 is 6.03 Å². The van der Waals surface area contributed by atoms with E-state index in [2.05, 4.69) is 20.6 Å². The molecule has 19 heavy (non-hydrogen) atoms. The lowest BCUT2D eigenvalue weighted by Crippen LogP contribution is -2.42. The monoisotopic (exact) mass is 261 g/mol. The highest BCUT2D eigenvalue weighted by atomic mass is 16.2. The van der Waals surface area contributed by atoms with E-state index in [1.807, 2.05) is 0 Å². The van der Waals surface area contributed by atoms with Crippen LogP contribution in [-0.2, 0) is 6.54 Å². The van der Waals surface area contributed by atoms with Crippen LogP contribution in [0.25, 0.3) is 0 Å². The van der Waals surface area contributed by atoms with E-state index in [1.165, 1.54) is 37.0 Å². The molecular formula is C13H19N5O. The number of hydrogen-bond acceptors (Lipinski definition) is 4. The van der Waals surface area contributed by atoms with Crippen molar-refractivity contribution in [3.63, 3.8) is 0 Å². The van der Waals surface area contributed by atoms with Gasteiger partial charge in [-0.1, -0.05) is 19.3 Å². The van der Waals surface area contributed by atoms with E-state index >= 15 is 0 Å². The Balaban J connectivity index is 1.78. The molecule has 2 aliphatic rings. The second-order valence-corrected chi connectivity index (χ2v) is 5.24. The summed E-state index contributed by atoms with van der Waals surface area (Å²) in [5.41, 5.74) is 0.955. The third kappa shape index (κ3) is 2.47. The van der Waals surface area contributed by atoms with E-state index in [4.69, 9.17) is 0 Å². The van der Waals surface area contributed by atoms with Gasteiger partial charge < -0.3 is 10.6 Å². The smallest absolute Gasteiger partial charge is 0.323 e. The van der Waals surface area contributed by atoms with Crippen LogP contribution < -0.4 is 15.5 Å². The number of anilines is 2. The predicted octanol–water partition coefficient (Wildman–Crippen LogP) is 1.88. The van der Waals surface area contributed by atoms with Gasteiger partial charge in [0.15, 0.2) is 0 Å². The van der Waals surface area contributed by atoms with Crippen LogP contribution in [0.3, 0.4) is 0 Å². The highest BCUT2D eigenvalue weighted by Gasteiger charge is 2.23. The number of nitrogens with one attached hydrogen (secondary N) is 2. The second-order valence-electron chi connectivity index (χ2n) is 5.24. The lowest BCUT2D eigenvalue weighted by atomic mass is 9.96. The molecule has 0 atom stereocenters. The summed E-state index contributed by atoms with van der Waals surface area (Å²) in [6, 6.07) is 0.351. The van der Waals surface area contributed by atoms with Gasteiger partial charge in [0.1, 0.15) is 5.82 Å². The molecule has 1 aliphatic carbocycles. The molecule has 2 heterocycles. The Kier molecular flexibility index (Phi) is 3.23. The van der Waals surface area contributed by atoms with Crippen LogP contribution in [-0.4, -0.2) is 29.1 Å². The first-order valence-electron chi connectivity index (χ1n) is 6.88. The molecule has 2 amide bonds. The molecule has 1 fully saturated rings. The van der Waals surface area contributed by atoms with Crippen molar-refractivity contribution in [3.8, 4) is 0 Å². The van der Waals surface area contributed by atoms with E-state index in [-0.39, 0.29) is 6.03 Å². The van der Waals surface area contributed by atoms with Gasteiger partial charge in [-0.2, -0.15) is 4.98 Å². The molecule has 0 bridgehead atoms. The van der Waals surface area contributed by atoms with Gasteiger partial charge in [-0.05, 0) is 12.8 Å². The fraction of sp³-hybridized carbons (Fsp3) is 0.615. The number of carbonyl (C=O) groups excluding carboxylic acids is 1. The maximum Gasteiger partial charge on any atom is 0.323 e. The summed E-state index contributed by atoms with van der Waals surface area (Å²) in [7, 11) is 1.73. The second kappa shape index (κ2) is 5.03. The largest absolute Gasteiger partial charge is 0.351 e. The van der Waals surface area contributed by atoms with Crippen LogP contribution in [0, 0.1) is 0 Å². The molecule has 0 spiro atoms. The minimum absolute atomic E-state index is 0.116. The number of urea groups is 1. The van der Waals surface area contributed by atoms with Gasteiger partial charge in [-0.15, -0.1) is 0 Å². The van der Waals surface area contributed by atoms with Crippen molar-refractivity contribution in [2.24, 2.45) is 0 Å². The Labute approximate surface area is 112 Å². The van der Waals surface area contributed by atoms with Gasteiger partial charge in [0.2, 0.25) is 5.95 Å². The van der Waals surface area contributed by atoms with Crippen LogP contribution in [0.2, 0.25) is 0 Å². The number of aromatic nitrogens is 2. The zero-order valence-electron chi connectivity index (χ0n) is 11.1. The summed E-state index contributed by atoms with van der Waals surface area (Å²) in [5.74, 6) is 1.34. The highest BCUT2D eigenvalue weighted by Crippen LogP contribution is 2.24. The van der Waals surface area contributed by atoms with Gasteiger partial charge in [-0.25, -0.2) is 9.78 Å². The molecule has 1 aromatic heterocycles. The topological polar surface area (TPSA) is 70.2 Å². The van der Waals surface area contributed by atoms with Gasteiger partial charge in [0.25, 0.3) is 0 Å². The molecular weight excluding hydrogens is 242 g/mol. The number of rotatable bonds is 2. The number of hydrogen-bond donors (Lipinski definition) is 2. The third-order valence-corrected chi connectivity index (χ3v) is 3.83. The Bertz CT molecular complexity index is 484. The van der Waals surface area contributed by atoms with Crippen molar-refractivity contribution < 1.29 is 4.79 Å². The number of nitrogens with zero attached hydrogens (tertiary/aromatic N) is 3. The summed E-state index contributed by atoms with van der Waals surface area (Å²) in [4.78, 5) is 22.0. The number of fused-ring (bicyclic) bond motifs is 1. The first-order valence-corrected chi connectivity index (χ1v) is 6.88. The Morgan fingerprint density at radius 1 is 1.37 bits per heavy atom. The van der Waals surface area contributed by atoms with Crippen molar-refractivity contribution in [1.29, 1.82) is 0 Å². The zero-order valence-corrected chi connectivity index (χ0v) is 11.1. The Morgan fingerprint density at radius 3 is 2.95 bits per heavy atom. The van der Waals surface area contributed by atoms with Crippen molar-refractivity contribution in [2.45, 2.75) is 44.7 Å². The number of carbonyl (C=O) groups is 1. The summed E-state index contributed by atoms with van der Waals surface area (Å²) >= 11 is 0. The molecule has 0 aromatic carbocycles. The van der Waals surface area contributed by atoms with Crippen LogP contribution in [0.15, 0.2) is 6.20 Å². The third-order valence-electron chi connectivity index (χ3n) is 3.83. The molecule has 1 saturated carbocycles. The molecule has 0 unspecified atom stereocenters. The summed E-state index contributed by atoms with van der Waals surface area (Å²) in [6.07, 6.45) is 8.01. The minimum Gasteiger partial charge on any atom is -0.351 e. The molecule has 0 saturated heterocycles. The lowest BCUT2D eigenvalue weighted by Gasteiger charge is -2.27. The quantitative estimate of drug-likeness (QED) is 0.852. The van der Waals surface area contributed by atoms with E-state index in [0.717, 1.165) is 5.56 Å². The zero-order chi connectivity index (χ0) is 13.2. The predicted molar refractivity (Wildman–Crippen MR) is 73.2 cm³/mol. The van der Waals surface area contributed by atoms with Gasteiger partial charge in [0, 0.05) is 31.4 Å². The summed E-state index contributed by atoms with van der Waals surface area (Å²) < 4.78 is 0. The lowest BCUT2D eigenvalue weighted by molar-refractivity contribution is 0.245. The van der Waals surface area contributed by atoms with Crippen LogP contribution in [0.1, 0.15) is 37.7 Å². The highest BCUT2D eigenvalue weighted by molar-refractivity contribution is 5.93. The summed E-state index contributed by atoms with van der Waals surface area (Å²) in [6.45, 7) is 0.502. The van der Waals surface area contributed by atoms with Crippen LogP contribution >= 0.6 is 0 Å². The van der Waals surface area contributed by atoms with E-state index < -0.39 is 0 Å². The minimum atomic E-state index is -0.116. The van der Waals surface area contributed by atoms with Crippen molar-refractivity contribution in [3.05, 3.63) is 11.8 Å². The van der Waals surface area contributed by atoms with E-state index in [0.29, 0.717) is 24.4 Å². The average Bonchev–Trinajstić information content (AvgIpc) is 2.45. The fourth-order valence-corrected chi connectivity index (χ4v) is 2.70. The maximum absolute atomic E-state index is 11.6. The Morgan fingerprint density at radius 2 is 2.16 bits per heavy atom. The van der Waals surface area contributed by atoms with Crippen molar-refractivity contribution >= 4 is 17.8 Å². The molecule has 102 valence electrons. The van der Waals surface area contributed by atoms with Crippen LogP contribution in [0.4, 0.5) is 16.6 Å². The standard InChI is InChI=1S/C13H19N5O/c1-18-11-9(8-15-13(18)19)7-14-12(17-11)16-10-5-3-2-4-6-10/h7,10H,2-6,8H2,1H3,(H,15,19)(H,14,16,17). The SMILES string of the molecule is CN1C(=O)NCc2cnc(NC3CCCCC3)nc21. The van der Waals surface area contributed by atoms with Gasteiger partial charge in [-0.3, -0.25) is 4.90 Å². The Hall–Kier alpha value is -1.85. The van der Waals surface area contributed by atoms with Crippen molar-refractivity contribution in [2.75, 3.05) is 17.3 Å². The molecule has 3 rings (SSSR count). The maximum atomic E-state index is 11.6. The molecule has 6 heteroatoms. The average molecular weight is 261 g/mol. The normalized spacial score (nSPS) is 19.8. The molecule has 6 nitrogen and oxygen atoms in total. The fourth-order valence-electron chi connectivity index (χ4n) is 2.70. The van der Waals surface area contributed by atoms with E-state index in [1.54, 1.807) is 13.2 Å². The molecule has 2 N–H and O–H groups in total. The molecule has 1 aliphatic heterocycles. The van der Waals surface area contributed by atoms with Crippen molar-refractivity contribution in [1.82, 2.24) is 15.3 Å². The molecule has 1 aromatic rings. The van der Waals surface area contributed by atoms with E-state index in [9.17, 15) is 4.79 Å². The summed E-state index contributed by atoms with van der Waals surface area (Å²) in [5, 5.41) is 6.16. The van der Waals surface area contributed by atoms with Gasteiger partial charge in [0.05, 0.1) is 0 Å². The molecule has 0 radical (unpaired) electrons.